The average molecular weight is 336 g/mol. The van der Waals surface area contributed by atoms with Crippen LogP contribution >= 0.6 is 0 Å². The highest BCUT2D eigenvalue weighted by atomic mass is 16.3. The molecule has 0 aliphatic carbocycles. The molecular weight excluding hydrogens is 308 g/mol. The first kappa shape index (κ1) is 16.6. The van der Waals surface area contributed by atoms with Gasteiger partial charge in [-0.3, -0.25) is 4.90 Å². The molecule has 25 heavy (non-hydrogen) atoms. The van der Waals surface area contributed by atoms with Gasteiger partial charge in [-0.05, 0) is 61.3 Å². The summed E-state index contributed by atoms with van der Waals surface area (Å²) >= 11 is 0. The molecule has 0 saturated carbocycles. The van der Waals surface area contributed by atoms with E-state index in [9.17, 15) is 5.11 Å². The van der Waals surface area contributed by atoms with Gasteiger partial charge in [0.05, 0.1) is 0 Å². The van der Waals surface area contributed by atoms with Gasteiger partial charge in [0.15, 0.2) is 0 Å². The van der Waals surface area contributed by atoms with Gasteiger partial charge in [0, 0.05) is 24.7 Å². The highest BCUT2D eigenvalue weighted by molar-refractivity contribution is 5.30. The number of piperidine rings is 1. The van der Waals surface area contributed by atoms with Crippen LogP contribution in [-0.2, 0) is 6.42 Å². The van der Waals surface area contributed by atoms with Crippen molar-refractivity contribution in [2.75, 3.05) is 6.54 Å². The highest BCUT2D eigenvalue weighted by Gasteiger charge is 2.41. The fraction of sp³-hybridized carbons (Fsp3) is 0.455. The number of nitrogens with zero attached hydrogens (tertiary/aromatic N) is 1. The van der Waals surface area contributed by atoms with E-state index in [1.807, 2.05) is 12.1 Å². The van der Waals surface area contributed by atoms with Gasteiger partial charge in [-0.15, -0.1) is 0 Å². The number of nitrogens with two attached hydrogens (primary N) is 1. The molecule has 2 saturated heterocycles. The van der Waals surface area contributed by atoms with Crippen LogP contribution in [0.25, 0.3) is 0 Å². The third-order valence-electron chi connectivity index (χ3n) is 6.01. The summed E-state index contributed by atoms with van der Waals surface area (Å²) in [5.41, 5.74) is 9.11. The van der Waals surface area contributed by atoms with Crippen molar-refractivity contribution in [1.29, 1.82) is 0 Å². The fourth-order valence-corrected chi connectivity index (χ4v) is 4.88. The SMILES string of the molecule is NC(Cc1ccccc1)CN1[C@@H]2CC[C@H]1C[C@@H](c1cccc(O)c1)C2. The third kappa shape index (κ3) is 3.73. The molecule has 4 atom stereocenters. The Morgan fingerprint density at radius 3 is 2.40 bits per heavy atom. The van der Waals surface area contributed by atoms with E-state index in [1.165, 1.54) is 36.8 Å². The van der Waals surface area contributed by atoms with Crippen LogP contribution in [-0.4, -0.2) is 34.7 Å². The Labute approximate surface area is 150 Å². The van der Waals surface area contributed by atoms with Gasteiger partial charge >= 0.3 is 0 Å². The lowest BCUT2D eigenvalue weighted by Crippen LogP contribution is -2.48. The van der Waals surface area contributed by atoms with Crippen LogP contribution in [0.1, 0.15) is 42.7 Å². The zero-order valence-corrected chi connectivity index (χ0v) is 14.7. The molecule has 2 aromatic rings. The number of benzene rings is 2. The molecule has 2 heterocycles. The molecule has 3 N–H and O–H groups in total. The Kier molecular flexibility index (Phi) is 4.78. The second-order valence-corrected chi connectivity index (χ2v) is 7.79. The molecule has 132 valence electrons. The van der Waals surface area contributed by atoms with E-state index >= 15 is 0 Å². The number of hydrogen-bond acceptors (Lipinski definition) is 3. The number of hydrogen-bond donors (Lipinski definition) is 2. The standard InChI is InChI=1S/C22H28N2O/c23-19(11-16-5-2-1-3-6-16)15-24-20-9-10-21(24)13-18(12-20)17-7-4-8-22(25)14-17/h1-8,14,18-21,25H,9-13,15,23H2/t18-,19?,20+,21-. The van der Waals surface area contributed by atoms with Crippen molar-refractivity contribution in [3.05, 3.63) is 65.7 Å². The zero-order valence-electron chi connectivity index (χ0n) is 14.7. The minimum Gasteiger partial charge on any atom is -0.508 e. The Morgan fingerprint density at radius 1 is 1.00 bits per heavy atom. The van der Waals surface area contributed by atoms with Gasteiger partial charge in [0.1, 0.15) is 5.75 Å². The Balaban J connectivity index is 1.39. The average Bonchev–Trinajstić information content (AvgIpc) is 2.84. The van der Waals surface area contributed by atoms with Gasteiger partial charge < -0.3 is 10.8 Å². The number of phenolic OH excluding ortho intramolecular Hbond substituents is 1. The number of phenols is 1. The summed E-state index contributed by atoms with van der Waals surface area (Å²) in [6, 6.07) is 19.9. The molecule has 2 aliphatic heterocycles. The summed E-state index contributed by atoms with van der Waals surface area (Å²) in [4.78, 5) is 2.67. The normalized spacial score (nSPS) is 27.3. The van der Waals surface area contributed by atoms with Crippen LogP contribution in [0.3, 0.4) is 0 Å². The number of rotatable bonds is 5. The largest absolute Gasteiger partial charge is 0.508 e. The van der Waals surface area contributed by atoms with Crippen LogP contribution in [0.4, 0.5) is 0 Å². The first-order valence-electron chi connectivity index (χ1n) is 9.53. The monoisotopic (exact) mass is 336 g/mol. The first-order valence-corrected chi connectivity index (χ1v) is 9.53. The maximum atomic E-state index is 9.78. The molecule has 0 amide bonds. The summed E-state index contributed by atoms with van der Waals surface area (Å²) in [6.07, 6.45) is 5.92. The lowest BCUT2D eigenvalue weighted by atomic mass is 9.84. The van der Waals surface area contributed by atoms with Crippen LogP contribution < -0.4 is 5.73 Å². The van der Waals surface area contributed by atoms with E-state index in [1.54, 1.807) is 6.07 Å². The lowest BCUT2D eigenvalue weighted by molar-refractivity contribution is 0.118. The first-order chi connectivity index (χ1) is 12.2. The summed E-state index contributed by atoms with van der Waals surface area (Å²) in [5, 5.41) is 9.78. The van der Waals surface area contributed by atoms with Crippen LogP contribution in [0.15, 0.2) is 54.6 Å². The van der Waals surface area contributed by atoms with Crippen molar-refractivity contribution in [3.63, 3.8) is 0 Å². The van der Waals surface area contributed by atoms with E-state index in [2.05, 4.69) is 41.3 Å². The van der Waals surface area contributed by atoms with E-state index in [-0.39, 0.29) is 6.04 Å². The molecule has 0 spiro atoms. The smallest absolute Gasteiger partial charge is 0.115 e. The molecular formula is C22H28N2O. The van der Waals surface area contributed by atoms with Crippen molar-refractivity contribution in [2.24, 2.45) is 5.73 Å². The van der Waals surface area contributed by atoms with E-state index in [0.29, 0.717) is 23.8 Å². The molecule has 2 fully saturated rings. The third-order valence-corrected chi connectivity index (χ3v) is 6.01. The van der Waals surface area contributed by atoms with Crippen molar-refractivity contribution < 1.29 is 5.11 Å². The number of aromatic hydroxyl groups is 1. The van der Waals surface area contributed by atoms with Crippen molar-refractivity contribution in [2.45, 2.75) is 56.1 Å². The minimum atomic E-state index is 0.197. The Bertz CT molecular complexity index is 688. The van der Waals surface area contributed by atoms with Crippen molar-refractivity contribution in [1.82, 2.24) is 4.90 Å². The van der Waals surface area contributed by atoms with Crippen LogP contribution in [0.5, 0.6) is 5.75 Å². The van der Waals surface area contributed by atoms with Gasteiger partial charge in [-0.1, -0.05) is 42.5 Å². The van der Waals surface area contributed by atoms with E-state index in [4.69, 9.17) is 5.73 Å². The van der Waals surface area contributed by atoms with Gasteiger partial charge in [0.2, 0.25) is 0 Å². The molecule has 3 nitrogen and oxygen atoms in total. The van der Waals surface area contributed by atoms with Gasteiger partial charge in [0.25, 0.3) is 0 Å². The Hall–Kier alpha value is -1.84. The van der Waals surface area contributed by atoms with Crippen LogP contribution in [0, 0.1) is 0 Å². The summed E-state index contributed by atoms with van der Waals surface area (Å²) in [7, 11) is 0. The summed E-state index contributed by atoms with van der Waals surface area (Å²) in [6.45, 7) is 0.997. The van der Waals surface area contributed by atoms with E-state index < -0.39 is 0 Å². The molecule has 1 unspecified atom stereocenters. The second-order valence-electron chi connectivity index (χ2n) is 7.79. The molecule has 3 heteroatoms. The maximum Gasteiger partial charge on any atom is 0.115 e. The molecule has 4 rings (SSSR count). The van der Waals surface area contributed by atoms with E-state index in [0.717, 1.165) is 13.0 Å². The summed E-state index contributed by atoms with van der Waals surface area (Å²) < 4.78 is 0. The topological polar surface area (TPSA) is 49.5 Å². The van der Waals surface area contributed by atoms with Gasteiger partial charge in [-0.2, -0.15) is 0 Å². The molecule has 0 radical (unpaired) electrons. The van der Waals surface area contributed by atoms with Gasteiger partial charge in [-0.25, -0.2) is 0 Å². The lowest BCUT2D eigenvalue weighted by Gasteiger charge is -2.40. The van der Waals surface area contributed by atoms with Crippen molar-refractivity contribution in [3.8, 4) is 5.75 Å². The Morgan fingerprint density at radius 2 is 1.72 bits per heavy atom. The second kappa shape index (κ2) is 7.19. The quantitative estimate of drug-likeness (QED) is 0.876. The molecule has 2 aromatic carbocycles. The zero-order chi connectivity index (χ0) is 17.2. The molecule has 2 bridgehead atoms. The predicted octanol–water partition coefficient (Wildman–Crippen LogP) is 3.67. The van der Waals surface area contributed by atoms with Crippen LogP contribution in [0.2, 0.25) is 0 Å². The maximum absolute atomic E-state index is 9.78. The summed E-state index contributed by atoms with van der Waals surface area (Å²) in [5.74, 6) is 0.961. The molecule has 0 aromatic heterocycles. The minimum absolute atomic E-state index is 0.197. The fourth-order valence-electron chi connectivity index (χ4n) is 4.88. The molecule has 2 aliphatic rings. The number of fused-ring (bicyclic) bond motifs is 2. The highest BCUT2D eigenvalue weighted by Crippen LogP contribution is 2.43. The predicted molar refractivity (Wildman–Crippen MR) is 102 cm³/mol. The van der Waals surface area contributed by atoms with Crippen molar-refractivity contribution >= 4 is 0 Å².